The molecule has 0 unspecified atom stereocenters. The zero-order valence-corrected chi connectivity index (χ0v) is 12.6. The molecule has 1 N–H and O–H groups in total. The maximum Gasteiger partial charge on any atom is 0.251 e. The Morgan fingerprint density at radius 1 is 1.35 bits per heavy atom. The molecule has 2 aliphatic heterocycles. The van der Waals surface area contributed by atoms with Crippen molar-refractivity contribution in [2.75, 3.05) is 26.7 Å². The van der Waals surface area contributed by atoms with Crippen molar-refractivity contribution in [1.82, 2.24) is 10.2 Å². The van der Waals surface area contributed by atoms with Crippen LogP contribution in [0.3, 0.4) is 0 Å². The van der Waals surface area contributed by atoms with Gasteiger partial charge in [-0.2, -0.15) is 0 Å². The summed E-state index contributed by atoms with van der Waals surface area (Å²) in [6.07, 6.45) is 1.04. The van der Waals surface area contributed by atoms with Crippen LogP contribution in [0.25, 0.3) is 0 Å². The monoisotopic (exact) mass is 272 g/mol. The van der Waals surface area contributed by atoms with Crippen molar-refractivity contribution in [3.05, 3.63) is 34.9 Å². The van der Waals surface area contributed by atoms with Crippen LogP contribution in [0.15, 0.2) is 18.2 Å². The Morgan fingerprint density at radius 3 is 2.90 bits per heavy atom. The summed E-state index contributed by atoms with van der Waals surface area (Å²) >= 11 is 0. The summed E-state index contributed by atoms with van der Waals surface area (Å²) in [4.78, 5) is 14.7. The van der Waals surface area contributed by atoms with Crippen LogP contribution in [0.5, 0.6) is 0 Å². The minimum Gasteiger partial charge on any atom is -0.352 e. The van der Waals surface area contributed by atoms with E-state index in [0.29, 0.717) is 17.8 Å². The van der Waals surface area contributed by atoms with Gasteiger partial charge in [0.15, 0.2) is 0 Å². The number of hydrogen-bond donors (Lipinski definition) is 1. The predicted molar refractivity (Wildman–Crippen MR) is 81.0 cm³/mol. The minimum atomic E-state index is 0.114. The second-order valence-electron chi connectivity index (χ2n) is 6.82. The molecule has 108 valence electrons. The fourth-order valence-corrected chi connectivity index (χ4v) is 3.69. The molecule has 3 rings (SSSR count). The molecule has 2 aliphatic rings. The zero-order valence-electron chi connectivity index (χ0n) is 12.6. The van der Waals surface area contributed by atoms with E-state index >= 15 is 0 Å². The maximum atomic E-state index is 12.3. The molecule has 1 fully saturated rings. The largest absolute Gasteiger partial charge is 0.352 e. The first-order valence-electron chi connectivity index (χ1n) is 7.64. The van der Waals surface area contributed by atoms with Gasteiger partial charge in [0.25, 0.3) is 5.91 Å². The van der Waals surface area contributed by atoms with E-state index in [2.05, 4.69) is 49.3 Å². The maximum absolute atomic E-state index is 12.3. The van der Waals surface area contributed by atoms with Gasteiger partial charge in [-0.05, 0) is 42.5 Å². The van der Waals surface area contributed by atoms with Crippen molar-refractivity contribution in [2.45, 2.75) is 26.2 Å². The van der Waals surface area contributed by atoms with Gasteiger partial charge in [0, 0.05) is 31.1 Å². The molecule has 0 aliphatic carbocycles. The second kappa shape index (κ2) is 5.21. The molecule has 0 spiro atoms. The molecular formula is C17H24N2O. The van der Waals surface area contributed by atoms with Gasteiger partial charge >= 0.3 is 0 Å². The van der Waals surface area contributed by atoms with Gasteiger partial charge in [0.2, 0.25) is 0 Å². The van der Waals surface area contributed by atoms with E-state index in [1.807, 2.05) is 0 Å². The van der Waals surface area contributed by atoms with E-state index in [9.17, 15) is 4.79 Å². The lowest BCUT2D eigenvalue weighted by molar-refractivity contribution is 0.0951. The number of rotatable bonds is 2. The highest BCUT2D eigenvalue weighted by Crippen LogP contribution is 2.35. The molecule has 3 heteroatoms. The number of likely N-dealkylation sites (N-methyl/N-ethyl adjacent to an activating group) is 1. The number of likely N-dealkylation sites (tertiary alicyclic amines) is 1. The summed E-state index contributed by atoms with van der Waals surface area (Å²) in [7, 11) is 2.17. The van der Waals surface area contributed by atoms with Crippen LogP contribution in [0, 0.1) is 11.8 Å². The van der Waals surface area contributed by atoms with Crippen LogP contribution >= 0.6 is 0 Å². The lowest BCUT2D eigenvalue weighted by Gasteiger charge is -2.17. The first-order chi connectivity index (χ1) is 9.54. The number of nitrogens with zero attached hydrogens (tertiary/aromatic N) is 1. The third-order valence-electron chi connectivity index (χ3n) is 4.55. The van der Waals surface area contributed by atoms with Crippen LogP contribution in [0.2, 0.25) is 0 Å². The summed E-state index contributed by atoms with van der Waals surface area (Å²) in [5.74, 6) is 1.79. The van der Waals surface area contributed by atoms with Crippen LogP contribution in [-0.4, -0.2) is 37.5 Å². The standard InChI is InChI=1S/C17H24N2O/c1-11(2)6-12-4-5-14-15(7-12)17(20)18-8-13-9-19(3)10-16(13)14/h4-5,7,11,13,16H,6,8-10H2,1-3H3,(H,18,20)/t13-,16-/m1/s1. The van der Waals surface area contributed by atoms with E-state index in [1.54, 1.807) is 0 Å². The van der Waals surface area contributed by atoms with Gasteiger partial charge in [-0.1, -0.05) is 26.0 Å². The second-order valence-corrected chi connectivity index (χ2v) is 6.82. The van der Waals surface area contributed by atoms with Crippen molar-refractivity contribution < 1.29 is 4.79 Å². The fourth-order valence-electron chi connectivity index (χ4n) is 3.69. The molecular weight excluding hydrogens is 248 g/mol. The van der Waals surface area contributed by atoms with Crippen molar-refractivity contribution in [2.24, 2.45) is 11.8 Å². The minimum absolute atomic E-state index is 0.114. The number of benzene rings is 1. The molecule has 1 saturated heterocycles. The lowest BCUT2D eigenvalue weighted by atomic mass is 9.86. The van der Waals surface area contributed by atoms with E-state index < -0.39 is 0 Å². The lowest BCUT2D eigenvalue weighted by Crippen LogP contribution is -2.29. The van der Waals surface area contributed by atoms with Crippen molar-refractivity contribution >= 4 is 5.91 Å². The molecule has 2 heterocycles. The number of fused-ring (bicyclic) bond motifs is 3. The molecule has 0 bridgehead atoms. The normalized spacial score (nSPS) is 26.1. The molecule has 3 nitrogen and oxygen atoms in total. The first kappa shape index (κ1) is 13.6. The van der Waals surface area contributed by atoms with Gasteiger partial charge in [-0.3, -0.25) is 4.79 Å². The van der Waals surface area contributed by atoms with Crippen molar-refractivity contribution in [3.8, 4) is 0 Å². The molecule has 1 aromatic carbocycles. The Balaban J connectivity index is 1.98. The summed E-state index contributed by atoms with van der Waals surface area (Å²) < 4.78 is 0. The fraction of sp³-hybridized carbons (Fsp3) is 0.588. The number of hydrogen-bond acceptors (Lipinski definition) is 2. The summed E-state index contributed by atoms with van der Waals surface area (Å²) in [6.45, 7) is 7.39. The smallest absolute Gasteiger partial charge is 0.251 e. The highest BCUT2D eigenvalue weighted by Gasteiger charge is 2.36. The Morgan fingerprint density at radius 2 is 2.15 bits per heavy atom. The topological polar surface area (TPSA) is 32.3 Å². The number of carbonyl (C=O) groups excluding carboxylic acids is 1. The van der Waals surface area contributed by atoms with Gasteiger partial charge in [-0.25, -0.2) is 0 Å². The van der Waals surface area contributed by atoms with Gasteiger partial charge in [0.1, 0.15) is 0 Å². The molecule has 0 radical (unpaired) electrons. The third-order valence-corrected chi connectivity index (χ3v) is 4.55. The van der Waals surface area contributed by atoms with Crippen LogP contribution in [-0.2, 0) is 6.42 Å². The van der Waals surface area contributed by atoms with Gasteiger partial charge < -0.3 is 10.2 Å². The highest BCUT2D eigenvalue weighted by molar-refractivity contribution is 5.96. The summed E-state index contributed by atoms with van der Waals surface area (Å²) in [5.41, 5.74) is 3.44. The quantitative estimate of drug-likeness (QED) is 0.896. The Bertz CT molecular complexity index is 524. The third kappa shape index (κ3) is 2.47. The van der Waals surface area contributed by atoms with Crippen LogP contribution in [0.1, 0.15) is 41.3 Å². The van der Waals surface area contributed by atoms with Crippen LogP contribution < -0.4 is 5.32 Å². The highest BCUT2D eigenvalue weighted by atomic mass is 16.1. The number of nitrogens with one attached hydrogen (secondary N) is 1. The molecule has 0 aromatic heterocycles. The summed E-state index contributed by atoms with van der Waals surface area (Å²) in [5, 5.41) is 3.11. The zero-order chi connectivity index (χ0) is 14.3. The SMILES string of the molecule is CC(C)Cc1ccc2c(c1)C(=O)NC[C@@H]1CN(C)C[C@@H]21. The predicted octanol–water partition coefficient (Wildman–Crippen LogP) is 2.27. The van der Waals surface area contributed by atoms with Crippen molar-refractivity contribution in [3.63, 3.8) is 0 Å². The molecule has 0 saturated carbocycles. The average molecular weight is 272 g/mol. The van der Waals surface area contributed by atoms with E-state index in [1.165, 1.54) is 11.1 Å². The van der Waals surface area contributed by atoms with E-state index in [4.69, 9.17) is 0 Å². The molecule has 20 heavy (non-hydrogen) atoms. The molecule has 1 aromatic rings. The Hall–Kier alpha value is -1.35. The van der Waals surface area contributed by atoms with E-state index in [-0.39, 0.29) is 5.91 Å². The summed E-state index contributed by atoms with van der Waals surface area (Å²) in [6, 6.07) is 6.53. The van der Waals surface area contributed by atoms with Gasteiger partial charge in [0.05, 0.1) is 0 Å². The average Bonchev–Trinajstić information content (AvgIpc) is 2.71. The van der Waals surface area contributed by atoms with E-state index in [0.717, 1.165) is 31.6 Å². The molecule has 1 amide bonds. The van der Waals surface area contributed by atoms with Crippen LogP contribution in [0.4, 0.5) is 0 Å². The number of amides is 1. The Kier molecular flexibility index (Phi) is 3.55. The number of carbonyl (C=O) groups is 1. The van der Waals surface area contributed by atoms with Gasteiger partial charge in [-0.15, -0.1) is 0 Å². The van der Waals surface area contributed by atoms with Crippen molar-refractivity contribution in [1.29, 1.82) is 0 Å². The molecule has 2 atom stereocenters. The first-order valence-corrected chi connectivity index (χ1v) is 7.64. The Labute approximate surface area is 121 Å².